The molecule has 0 aliphatic heterocycles. The van der Waals surface area contributed by atoms with E-state index in [-0.39, 0.29) is 19.8 Å². The third-order valence-corrected chi connectivity index (χ3v) is 2.23. The molecular formula is C12H13ClN2O4. The monoisotopic (exact) mass is 284 g/mol. The number of rotatable bonds is 6. The van der Waals surface area contributed by atoms with Crippen LogP contribution in [-0.2, 0) is 9.47 Å². The molecule has 0 aliphatic carbocycles. The Labute approximate surface area is 115 Å². The predicted molar refractivity (Wildman–Crippen MR) is 68.9 cm³/mol. The first-order chi connectivity index (χ1) is 9.15. The molecule has 1 rings (SSSR count). The number of carbonyl (C=O) groups excluding carboxylic acids is 1. The van der Waals surface area contributed by atoms with Gasteiger partial charge in [0.15, 0.2) is 6.10 Å². The van der Waals surface area contributed by atoms with E-state index in [0.29, 0.717) is 10.7 Å². The highest BCUT2D eigenvalue weighted by molar-refractivity contribution is 6.30. The molecule has 0 heterocycles. The van der Waals surface area contributed by atoms with Gasteiger partial charge in [0.2, 0.25) is 0 Å². The van der Waals surface area contributed by atoms with Crippen molar-refractivity contribution in [3.8, 4) is 6.07 Å². The first-order valence-corrected chi connectivity index (χ1v) is 5.85. The summed E-state index contributed by atoms with van der Waals surface area (Å²) >= 11 is 5.76. The summed E-state index contributed by atoms with van der Waals surface area (Å²) in [6.07, 6.45) is -1.62. The Morgan fingerprint density at radius 1 is 1.58 bits per heavy atom. The number of nitrogens with zero attached hydrogens (tertiary/aromatic N) is 1. The third-order valence-electron chi connectivity index (χ3n) is 1.99. The van der Waals surface area contributed by atoms with Crippen LogP contribution < -0.4 is 5.32 Å². The minimum absolute atomic E-state index is 0.0114. The number of nitriles is 1. The van der Waals surface area contributed by atoms with E-state index in [4.69, 9.17) is 31.4 Å². The number of nitrogens with one attached hydrogen (secondary N) is 1. The molecule has 2 N–H and O–H groups in total. The number of hydrogen-bond acceptors (Lipinski definition) is 5. The molecule has 1 amide bonds. The minimum atomic E-state index is -0.905. The Kier molecular flexibility index (Phi) is 6.68. The third kappa shape index (κ3) is 6.06. The van der Waals surface area contributed by atoms with E-state index >= 15 is 0 Å². The molecule has 0 saturated carbocycles. The minimum Gasteiger partial charge on any atom is -0.445 e. The van der Waals surface area contributed by atoms with Gasteiger partial charge in [-0.1, -0.05) is 17.7 Å². The smallest absolute Gasteiger partial charge is 0.411 e. The molecule has 7 heteroatoms. The van der Waals surface area contributed by atoms with E-state index in [1.54, 1.807) is 30.3 Å². The highest BCUT2D eigenvalue weighted by Crippen LogP contribution is 2.14. The number of hydrogen-bond donors (Lipinski definition) is 2. The standard InChI is InChI=1S/C12H13ClN2O4/c13-9-2-1-3-10(6-9)15-12(17)19-8-11(7-14)18-5-4-16/h1-3,6,11,16H,4-5,8H2,(H,15,17)/t11-/m1/s1. The van der Waals surface area contributed by atoms with Crippen molar-refractivity contribution in [1.82, 2.24) is 0 Å². The summed E-state index contributed by atoms with van der Waals surface area (Å²) in [5.74, 6) is 0. The van der Waals surface area contributed by atoms with E-state index in [2.05, 4.69) is 5.32 Å². The predicted octanol–water partition coefficient (Wildman–Crippen LogP) is 1.79. The van der Waals surface area contributed by atoms with Gasteiger partial charge in [0, 0.05) is 10.7 Å². The zero-order chi connectivity index (χ0) is 14.1. The second-order valence-electron chi connectivity index (χ2n) is 3.45. The van der Waals surface area contributed by atoms with Crippen LogP contribution in [-0.4, -0.2) is 37.1 Å². The van der Waals surface area contributed by atoms with E-state index in [0.717, 1.165) is 0 Å². The Balaban J connectivity index is 2.37. The van der Waals surface area contributed by atoms with E-state index in [9.17, 15) is 4.79 Å². The van der Waals surface area contributed by atoms with Gasteiger partial charge < -0.3 is 14.6 Å². The topological polar surface area (TPSA) is 91.6 Å². The molecule has 6 nitrogen and oxygen atoms in total. The summed E-state index contributed by atoms with van der Waals surface area (Å²) < 4.78 is 9.74. The van der Waals surface area contributed by atoms with Gasteiger partial charge in [0.05, 0.1) is 19.3 Å². The van der Waals surface area contributed by atoms with Crippen molar-refractivity contribution in [1.29, 1.82) is 5.26 Å². The van der Waals surface area contributed by atoms with E-state index < -0.39 is 12.2 Å². The number of carbonyl (C=O) groups is 1. The molecule has 0 spiro atoms. The molecule has 0 radical (unpaired) electrons. The van der Waals surface area contributed by atoms with Crippen LogP contribution >= 0.6 is 11.6 Å². The van der Waals surface area contributed by atoms with Gasteiger partial charge >= 0.3 is 6.09 Å². The molecule has 0 saturated heterocycles. The Hall–Kier alpha value is -1.81. The number of aliphatic hydroxyl groups excluding tert-OH is 1. The zero-order valence-electron chi connectivity index (χ0n) is 10.0. The van der Waals surface area contributed by atoms with Gasteiger partial charge in [-0.3, -0.25) is 5.32 Å². The van der Waals surface area contributed by atoms with Gasteiger partial charge in [0.25, 0.3) is 0 Å². The van der Waals surface area contributed by atoms with Crippen LogP contribution in [0.25, 0.3) is 0 Å². The highest BCUT2D eigenvalue weighted by Gasteiger charge is 2.11. The van der Waals surface area contributed by atoms with Crippen LogP contribution in [0.4, 0.5) is 10.5 Å². The molecular weight excluding hydrogens is 272 g/mol. The van der Waals surface area contributed by atoms with Gasteiger partial charge in [-0.2, -0.15) is 5.26 Å². The highest BCUT2D eigenvalue weighted by atomic mass is 35.5. The fraction of sp³-hybridized carbons (Fsp3) is 0.333. The summed E-state index contributed by atoms with van der Waals surface area (Å²) in [7, 11) is 0. The van der Waals surface area contributed by atoms with Gasteiger partial charge in [0.1, 0.15) is 6.61 Å². The van der Waals surface area contributed by atoms with Gasteiger partial charge in [-0.05, 0) is 18.2 Å². The van der Waals surface area contributed by atoms with Crippen LogP contribution in [0.2, 0.25) is 5.02 Å². The van der Waals surface area contributed by atoms with Crippen LogP contribution in [0, 0.1) is 11.3 Å². The number of aliphatic hydroxyl groups is 1. The summed E-state index contributed by atoms with van der Waals surface area (Å²) in [4.78, 5) is 11.4. The average Bonchev–Trinajstić information content (AvgIpc) is 2.39. The van der Waals surface area contributed by atoms with Crippen molar-refractivity contribution < 1.29 is 19.4 Å². The molecule has 102 valence electrons. The maximum Gasteiger partial charge on any atom is 0.411 e. The fourth-order valence-corrected chi connectivity index (χ4v) is 1.38. The van der Waals surface area contributed by atoms with Crippen molar-refractivity contribution in [2.45, 2.75) is 6.10 Å². The number of ether oxygens (including phenoxy) is 2. The summed E-state index contributed by atoms with van der Waals surface area (Å²) in [6, 6.07) is 8.37. The molecule has 19 heavy (non-hydrogen) atoms. The first kappa shape index (κ1) is 15.2. The lowest BCUT2D eigenvalue weighted by molar-refractivity contribution is 0.0217. The number of anilines is 1. The maximum absolute atomic E-state index is 11.4. The van der Waals surface area contributed by atoms with E-state index in [1.165, 1.54) is 0 Å². The van der Waals surface area contributed by atoms with Crippen molar-refractivity contribution in [2.75, 3.05) is 25.1 Å². The summed E-state index contributed by atoms with van der Waals surface area (Å²) in [5, 5.41) is 20.2. The lowest BCUT2D eigenvalue weighted by Gasteiger charge is -2.11. The molecule has 1 aromatic rings. The molecule has 0 bridgehead atoms. The Morgan fingerprint density at radius 3 is 3.00 bits per heavy atom. The number of halogens is 1. The largest absolute Gasteiger partial charge is 0.445 e. The zero-order valence-corrected chi connectivity index (χ0v) is 10.8. The molecule has 1 aromatic carbocycles. The Bertz CT molecular complexity index is 461. The van der Waals surface area contributed by atoms with Crippen LogP contribution in [0.15, 0.2) is 24.3 Å². The van der Waals surface area contributed by atoms with E-state index in [1.807, 2.05) is 0 Å². The van der Waals surface area contributed by atoms with Crippen molar-refractivity contribution in [2.24, 2.45) is 0 Å². The van der Waals surface area contributed by atoms with Crippen molar-refractivity contribution in [3.05, 3.63) is 29.3 Å². The van der Waals surface area contributed by atoms with Crippen molar-refractivity contribution >= 4 is 23.4 Å². The lowest BCUT2D eigenvalue weighted by atomic mass is 10.3. The molecule has 0 fully saturated rings. The first-order valence-electron chi connectivity index (χ1n) is 5.47. The average molecular weight is 285 g/mol. The summed E-state index contributed by atoms with van der Waals surface area (Å²) in [5.41, 5.74) is 0.488. The Morgan fingerprint density at radius 2 is 2.37 bits per heavy atom. The maximum atomic E-state index is 11.4. The molecule has 0 unspecified atom stereocenters. The second-order valence-corrected chi connectivity index (χ2v) is 3.88. The molecule has 1 atom stereocenters. The van der Waals surface area contributed by atoms with Gasteiger partial charge in [-0.15, -0.1) is 0 Å². The molecule has 0 aromatic heterocycles. The normalized spacial score (nSPS) is 11.4. The van der Waals surface area contributed by atoms with Crippen molar-refractivity contribution in [3.63, 3.8) is 0 Å². The number of amides is 1. The second kappa shape index (κ2) is 8.32. The lowest BCUT2D eigenvalue weighted by Crippen LogP contribution is -2.24. The van der Waals surface area contributed by atoms with Crippen LogP contribution in [0.1, 0.15) is 0 Å². The summed E-state index contributed by atoms with van der Waals surface area (Å²) in [6.45, 7) is -0.409. The fourth-order valence-electron chi connectivity index (χ4n) is 1.19. The number of benzene rings is 1. The van der Waals surface area contributed by atoms with Crippen LogP contribution in [0.5, 0.6) is 0 Å². The quantitative estimate of drug-likeness (QED) is 0.831. The van der Waals surface area contributed by atoms with Gasteiger partial charge in [-0.25, -0.2) is 4.79 Å². The SMILES string of the molecule is N#C[C@H](COC(=O)Nc1cccc(Cl)c1)OCCO. The van der Waals surface area contributed by atoms with Crippen LogP contribution in [0.3, 0.4) is 0 Å². The molecule has 0 aliphatic rings.